The third kappa shape index (κ3) is 4.77. The van der Waals surface area contributed by atoms with Crippen molar-refractivity contribution >= 4 is 29.3 Å². The van der Waals surface area contributed by atoms with Gasteiger partial charge >= 0.3 is 0 Å². The van der Waals surface area contributed by atoms with Crippen LogP contribution in [0.3, 0.4) is 0 Å². The van der Waals surface area contributed by atoms with E-state index in [0.717, 1.165) is 24.4 Å². The summed E-state index contributed by atoms with van der Waals surface area (Å²) in [5.41, 5.74) is 1.51. The van der Waals surface area contributed by atoms with E-state index in [4.69, 9.17) is 0 Å². The Morgan fingerprint density at radius 3 is 2.50 bits per heavy atom. The van der Waals surface area contributed by atoms with Gasteiger partial charge in [-0.2, -0.15) is 11.8 Å². The molecule has 120 valence electrons. The van der Waals surface area contributed by atoms with E-state index in [9.17, 15) is 9.59 Å². The molecule has 1 fully saturated rings. The highest BCUT2D eigenvalue weighted by molar-refractivity contribution is 8.00. The van der Waals surface area contributed by atoms with E-state index in [1.165, 1.54) is 0 Å². The maximum Gasteiger partial charge on any atom is 0.251 e. The van der Waals surface area contributed by atoms with E-state index in [1.54, 1.807) is 17.0 Å². The van der Waals surface area contributed by atoms with Crippen LogP contribution in [0, 0.1) is 0 Å². The minimum absolute atomic E-state index is 0.0613. The summed E-state index contributed by atoms with van der Waals surface area (Å²) < 4.78 is 0.217. The second-order valence-electron chi connectivity index (χ2n) is 6.41. The van der Waals surface area contributed by atoms with Gasteiger partial charge in [-0.1, -0.05) is 20.8 Å². The highest BCUT2D eigenvalue weighted by Gasteiger charge is 2.21. The lowest BCUT2D eigenvalue weighted by molar-refractivity contribution is -0.117. The summed E-state index contributed by atoms with van der Waals surface area (Å²) in [5, 5.41) is 2.93. The molecule has 1 aromatic carbocycles. The fourth-order valence-corrected chi connectivity index (χ4v) is 3.15. The van der Waals surface area contributed by atoms with Gasteiger partial charge in [-0.25, -0.2) is 0 Å². The van der Waals surface area contributed by atoms with Gasteiger partial charge in [0.25, 0.3) is 5.91 Å². The first-order valence-electron chi connectivity index (χ1n) is 7.69. The molecule has 0 radical (unpaired) electrons. The average molecular weight is 320 g/mol. The number of nitrogens with one attached hydrogen (secondary N) is 1. The molecule has 0 aliphatic carbocycles. The van der Waals surface area contributed by atoms with Crippen LogP contribution in [0.5, 0.6) is 0 Å². The molecule has 5 heteroatoms. The zero-order valence-electron chi connectivity index (χ0n) is 13.5. The molecule has 2 amide bonds. The van der Waals surface area contributed by atoms with Crippen molar-refractivity contribution in [1.29, 1.82) is 0 Å². The van der Waals surface area contributed by atoms with E-state index >= 15 is 0 Å². The first kappa shape index (κ1) is 16.9. The quantitative estimate of drug-likeness (QED) is 0.848. The molecule has 0 unspecified atom stereocenters. The van der Waals surface area contributed by atoms with E-state index in [2.05, 4.69) is 26.1 Å². The molecule has 1 aromatic rings. The Kier molecular flexibility index (Phi) is 5.51. The zero-order chi connectivity index (χ0) is 16.2. The largest absolute Gasteiger partial charge is 0.351 e. The van der Waals surface area contributed by atoms with Crippen LogP contribution < -0.4 is 10.2 Å². The van der Waals surface area contributed by atoms with Crippen molar-refractivity contribution in [1.82, 2.24) is 5.32 Å². The summed E-state index contributed by atoms with van der Waals surface area (Å²) in [6.45, 7) is 7.93. The van der Waals surface area contributed by atoms with Gasteiger partial charge < -0.3 is 10.2 Å². The van der Waals surface area contributed by atoms with Gasteiger partial charge in [0.2, 0.25) is 5.91 Å². The Morgan fingerprint density at radius 2 is 1.95 bits per heavy atom. The summed E-state index contributed by atoms with van der Waals surface area (Å²) in [6.07, 6.45) is 1.53. The summed E-state index contributed by atoms with van der Waals surface area (Å²) >= 11 is 1.83. The standard InChI is InChI=1S/C17H24N2O2S/c1-17(2,3)22-12-10-18-16(21)13-6-8-14(9-7-13)19-11-4-5-15(19)20/h6-9H,4-5,10-12H2,1-3H3,(H,18,21). The minimum Gasteiger partial charge on any atom is -0.351 e. The zero-order valence-corrected chi connectivity index (χ0v) is 14.3. The maximum atomic E-state index is 12.1. The van der Waals surface area contributed by atoms with Crippen molar-refractivity contribution < 1.29 is 9.59 Å². The third-order valence-electron chi connectivity index (χ3n) is 3.44. The van der Waals surface area contributed by atoms with Crippen LogP contribution >= 0.6 is 11.8 Å². The Morgan fingerprint density at radius 1 is 1.27 bits per heavy atom. The fourth-order valence-electron chi connectivity index (χ4n) is 2.34. The number of carbonyl (C=O) groups is 2. The molecule has 1 aliphatic heterocycles. The lowest BCUT2D eigenvalue weighted by Gasteiger charge is -2.17. The van der Waals surface area contributed by atoms with E-state index in [0.29, 0.717) is 18.5 Å². The molecule has 1 aliphatic rings. The highest BCUT2D eigenvalue weighted by Crippen LogP contribution is 2.23. The number of rotatable bonds is 5. The van der Waals surface area contributed by atoms with E-state index < -0.39 is 0 Å². The van der Waals surface area contributed by atoms with Crippen LogP contribution in [-0.4, -0.2) is 35.4 Å². The molecule has 0 spiro atoms. The van der Waals surface area contributed by atoms with Crippen LogP contribution in [0.15, 0.2) is 24.3 Å². The SMILES string of the molecule is CC(C)(C)SCCNC(=O)c1ccc(N2CCCC2=O)cc1. The molecule has 0 atom stereocenters. The van der Waals surface area contributed by atoms with E-state index in [1.807, 2.05) is 23.9 Å². The molecule has 1 heterocycles. The highest BCUT2D eigenvalue weighted by atomic mass is 32.2. The lowest BCUT2D eigenvalue weighted by Crippen LogP contribution is -2.27. The first-order chi connectivity index (χ1) is 10.4. The number of carbonyl (C=O) groups excluding carboxylic acids is 2. The number of benzene rings is 1. The van der Waals surface area contributed by atoms with Crippen LogP contribution in [0.25, 0.3) is 0 Å². The second kappa shape index (κ2) is 7.18. The molecule has 1 saturated heterocycles. The molecule has 0 saturated carbocycles. The number of thioether (sulfide) groups is 1. The number of hydrogen-bond donors (Lipinski definition) is 1. The summed E-state index contributed by atoms with van der Waals surface area (Å²) in [4.78, 5) is 25.5. The molecular formula is C17H24N2O2S. The molecule has 0 bridgehead atoms. The Labute approximate surface area is 136 Å². The molecule has 22 heavy (non-hydrogen) atoms. The summed E-state index contributed by atoms with van der Waals surface area (Å²) in [6, 6.07) is 7.27. The summed E-state index contributed by atoms with van der Waals surface area (Å²) in [5.74, 6) is 1.00. The van der Waals surface area contributed by atoms with Crippen LogP contribution in [0.4, 0.5) is 5.69 Å². The molecule has 2 rings (SSSR count). The van der Waals surface area contributed by atoms with Gasteiger partial charge in [0.05, 0.1) is 0 Å². The van der Waals surface area contributed by atoms with Crippen molar-refractivity contribution in [3.63, 3.8) is 0 Å². The van der Waals surface area contributed by atoms with Crippen molar-refractivity contribution in [2.45, 2.75) is 38.4 Å². The Balaban J connectivity index is 1.85. The summed E-state index contributed by atoms with van der Waals surface area (Å²) in [7, 11) is 0. The predicted octanol–water partition coefficient (Wildman–Crippen LogP) is 3.07. The predicted molar refractivity (Wildman–Crippen MR) is 92.6 cm³/mol. The average Bonchev–Trinajstić information content (AvgIpc) is 2.89. The van der Waals surface area contributed by atoms with Crippen molar-refractivity contribution in [3.8, 4) is 0 Å². The second-order valence-corrected chi connectivity index (χ2v) is 8.33. The van der Waals surface area contributed by atoms with Gasteiger partial charge in [-0.15, -0.1) is 0 Å². The Bertz CT molecular complexity index is 535. The van der Waals surface area contributed by atoms with Gasteiger partial charge in [0.15, 0.2) is 0 Å². The normalized spacial score (nSPS) is 15.2. The molecular weight excluding hydrogens is 296 g/mol. The Hall–Kier alpha value is -1.49. The minimum atomic E-state index is -0.0613. The molecule has 4 nitrogen and oxygen atoms in total. The smallest absolute Gasteiger partial charge is 0.251 e. The maximum absolute atomic E-state index is 12.1. The number of hydrogen-bond acceptors (Lipinski definition) is 3. The third-order valence-corrected chi connectivity index (χ3v) is 4.71. The number of anilines is 1. The molecule has 0 aromatic heterocycles. The lowest BCUT2D eigenvalue weighted by atomic mass is 10.2. The number of amides is 2. The number of nitrogens with zero attached hydrogens (tertiary/aromatic N) is 1. The van der Waals surface area contributed by atoms with Crippen molar-refractivity contribution in [3.05, 3.63) is 29.8 Å². The molecule has 1 N–H and O–H groups in total. The monoisotopic (exact) mass is 320 g/mol. The van der Waals surface area contributed by atoms with Gasteiger partial charge in [0.1, 0.15) is 0 Å². The van der Waals surface area contributed by atoms with Gasteiger partial charge in [-0.3, -0.25) is 9.59 Å². The topological polar surface area (TPSA) is 49.4 Å². The van der Waals surface area contributed by atoms with Crippen molar-refractivity contribution in [2.24, 2.45) is 0 Å². The van der Waals surface area contributed by atoms with Gasteiger partial charge in [-0.05, 0) is 30.7 Å². The van der Waals surface area contributed by atoms with Crippen LogP contribution in [-0.2, 0) is 4.79 Å². The van der Waals surface area contributed by atoms with Crippen LogP contribution in [0.2, 0.25) is 0 Å². The van der Waals surface area contributed by atoms with E-state index in [-0.39, 0.29) is 16.6 Å². The first-order valence-corrected chi connectivity index (χ1v) is 8.68. The fraction of sp³-hybridized carbons (Fsp3) is 0.529. The van der Waals surface area contributed by atoms with Crippen molar-refractivity contribution in [2.75, 3.05) is 23.7 Å². The van der Waals surface area contributed by atoms with Crippen LogP contribution in [0.1, 0.15) is 44.0 Å². The van der Waals surface area contributed by atoms with Gasteiger partial charge in [0, 0.05) is 41.3 Å².